The highest BCUT2D eigenvalue weighted by Gasteiger charge is 2.06. The van der Waals surface area contributed by atoms with Gasteiger partial charge in [0.25, 0.3) is 0 Å². The Morgan fingerprint density at radius 2 is 2.00 bits per heavy atom. The molecule has 1 atom stereocenters. The molecule has 2 aromatic rings. The Labute approximate surface area is 147 Å². The number of aromatic nitrogens is 2. The number of benzene rings is 1. The summed E-state index contributed by atoms with van der Waals surface area (Å²) >= 11 is 12.0. The van der Waals surface area contributed by atoms with Gasteiger partial charge in [-0.25, -0.2) is 4.98 Å². The van der Waals surface area contributed by atoms with Crippen molar-refractivity contribution in [2.24, 2.45) is 0 Å². The van der Waals surface area contributed by atoms with Crippen LogP contribution in [0.2, 0.25) is 10.0 Å². The van der Waals surface area contributed by atoms with Crippen molar-refractivity contribution in [2.75, 3.05) is 31.3 Å². The molecule has 23 heavy (non-hydrogen) atoms. The van der Waals surface area contributed by atoms with Crippen molar-refractivity contribution in [3.8, 4) is 0 Å². The first-order valence-corrected chi connectivity index (χ1v) is 8.16. The zero-order valence-electron chi connectivity index (χ0n) is 13.5. The monoisotopic (exact) mass is 353 g/mol. The quantitative estimate of drug-likeness (QED) is 0.777. The first-order valence-electron chi connectivity index (χ1n) is 7.41. The first kappa shape index (κ1) is 17.8. The van der Waals surface area contributed by atoms with Crippen LogP contribution in [0, 0.1) is 0 Å². The van der Waals surface area contributed by atoms with Crippen LogP contribution in [-0.2, 0) is 0 Å². The molecular formula is C16H21Cl2N5. The molecule has 1 aromatic heterocycles. The summed E-state index contributed by atoms with van der Waals surface area (Å²) in [4.78, 5) is 10.8. The number of hydrogen-bond acceptors (Lipinski definition) is 5. The maximum absolute atomic E-state index is 6.14. The molecule has 0 aliphatic heterocycles. The lowest BCUT2D eigenvalue weighted by Crippen LogP contribution is -2.26. The molecule has 0 radical (unpaired) electrons. The van der Waals surface area contributed by atoms with Crippen LogP contribution < -0.4 is 10.6 Å². The van der Waals surface area contributed by atoms with Gasteiger partial charge in [-0.3, -0.25) is 0 Å². The number of rotatable bonds is 7. The number of nitrogens with one attached hydrogen (secondary N) is 2. The molecule has 1 aromatic carbocycles. The second-order valence-electron chi connectivity index (χ2n) is 5.54. The van der Waals surface area contributed by atoms with Crippen molar-refractivity contribution in [3.05, 3.63) is 40.5 Å². The van der Waals surface area contributed by atoms with E-state index in [9.17, 15) is 0 Å². The Kier molecular flexibility index (Phi) is 6.45. The molecule has 0 amide bonds. The fraction of sp³-hybridized carbons (Fsp3) is 0.375. The highest BCUT2D eigenvalue weighted by Crippen LogP contribution is 2.27. The van der Waals surface area contributed by atoms with E-state index in [1.807, 2.05) is 6.07 Å². The van der Waals surface area contributed by atoms with Crippen LogP contribution >= 0.6 is 23.2 Å². The van der Waals surface area contributed by atoms with Gasteiger partial charge in [0.05, 0.1) is 10.7 Å². The molecule has 2 rings (SSSR count). The van der Waals surface area contributed by atoms with E-state index < -0.39 is 0 Å². The average molecular weight is 354 g/mol. The summed E-state index contributed by atoms with van der Waals surface area (Å²) in [6.07, 6.45) is 2.74. The van der Waals surface area contributed by atoms with E-state index in [4.69, 9.17) is 23.2 Å². The summed E-state index contributed by atoms with van der Waals surface area (Å²) in [6.45, 7) is 3.04. The molecule has 1 heterocycles. The predicted octanol–water partition coefficient (Wildman–Crippen LogP) is 4.28. The van der Waals surface area contributed by atoms with Gasteiger partial charge in [-0.15, -0.1) is 0 Å². The van der Waals surface area contributed by atoms with E-state index in [1.165, 1.54) is 0 Å². The van der Waals surface area contributed by atoms with Crippen molar-refractivity contribution in [1.29, 1.82) is 0 Å². The lowest BCUT2D eigenvalue weighted by atomic mass is 10.2. The van der Waals surface area contributed by atoms with E-state index in [0.717, 1.165) is 24.5 Å². The topological polar surface area (TPSA) is 53.1 Å². The number of anilines is 3. The van der Waals surface area contributed by atoms with Gasteiger partial charge in [-0.1, -0.05) is 23.2 Å². The van der Waals surface area contributed by atoms with Crippen LogP contribution in [0.4, 0.5) is 17.5 Å². The Hall–Kier alpha value is -1.56. The molecule has 0 aliphatic rings. The van der Waals surface area contributed by atoms with E-state index in [2.05, 4.69) is 46.5 Å². The standard InChI is InChI=1S/C16H21Cl2N5/c1-11(23(2)3)6-8-19-15-7-9-20-16(22-15)21-14-5-4-12(17)10-13(14)18/h4-5,7,9-11H,6,8H2,1-3H3,(H2,19,20,21,22). The second-order valence-corrected chi connectivity index (χ2v) is 6.39. The van der Waals surface area contributed by atoms with E-state index in [1.54, 1.807) is 24.4 Å². The summed E-state index contributed by atoms with van der Waals surface area (Å²) in [5.41, 5.74) is 0.717. The van der Waals surface area contributed by atoms with Crippen molar-refractivity contribution in [2.45, 2.75) is 19.4 Å². The SMILES string of the molecule is CC(CCNc1ccnc(Nc2ccc(Cl)cc2Cl)n1)N(C)C. The summed E-state index contributed by atoms with van der Waals surface area (Å²) in [7, 11) is 4.15. The Morgan fingerprint density at radius 3 is 2.70 bits per heavy atom. The molecule has 0 saturated heterocycles. The van der Waals surface area contributed by atoms with Crippen molar-refractivity contribution in [1.82, 2.24) is 14.9 Å². The van der Waals surface area contributed by atoms with Gasteiger partial charge in [0.2, 0.25) is 5.95 Å². The van der Waals surface area contributed by atoms with Gasteiger partial charge in [0.1, 0.15) is 5.82 Å². The molecule has 0 bridgehead atoms. The third-order valence-corrected chi connectivity index (χ3v) is 4.13. The lowest BCUT2D eigenvalue weighted by molar-refractivity contribution is 0.304. The highest BCUT2D eigenvalue weighted by molar-refractivity contribution is 6.36. The number of halogens is 2. The van der Waals surface area contributed by atoms with Crippen molar-refractivity contribution < 1.29 is 0 Å². The minimum absolute atomic E-state index is 0.486. The van der Waals surface area contributed by atoms with E-state index in [-0.39, 0.29) is 0 Å². The van der Waals surface area contributed by atoms with Gasteiger partial charge in [0.15, 0.2) is 0 Å². The Bertz CT molecular complexity index is 648. The molecule has 5 nitrogen and oxygen atoms in total. The Morgan fingerprint density at radius 1 is 1.22 bits per heavy atom. The molecule has 2 N–H and O–H groups in total. The molecule has 7 heteroatoms. The smallest absolute Gasteiger partial charge is 0.229 e. The highest BCUT2D eigenvalue weighted by atomic mass is 35.5. The predicted molar refractivity (Wildman–Crippen MR) is 98.0 cm³/mol. The zero-order chi connectivity index (χ0) is 16.8. The largest absolute Gasteiger partial charge is 0.370 e. The van der Waals surface area contributed by atoms with Gasteiger partial charge in [0, 0.05) is 23.8 Å². The molecular weight excluding hydrogens is 333 g/mol. The molecule has 0 spiro atoms. The van der Waals surface area contributed by atoms with Crippen LogP contribution in [-0.4, -0.2) is 41.5 Å². The van der Waals surface area contributed by atoms with Crippen LogP contribution in [0.3, 0.4) is 0 Å². The summed E-state index contributed by atoms with van der Waals surface area (Å²) < 4.78 is 0. The lowest BCUT2D eigenvalue weighted by Gasteiger charge is -2.19. The van der Waals surface area contributed by atoms with E-state index >= 15 is 0 Å². The molecule has 0 aliphatic carbocycles. The second kappa shape index (κ2) is 8.34. The number of hydrogen-bond donors (Lipinski definition) is 2. The van der Waals surface area contributed by atoms with Crippen LogP contribution in [0.5, 0.6) is 0 Å². The third kappa shape index (κ3) is 5.53. The minimum Gasteiger partial charge on any atom is -0.370 e. The summed E-state index contributed by atoms with van der Waals surface area (Å²) in [5, 5.41) is 7.52. The third-order valence-electron chi connectivity index (χ3n) is 3.58. The first-order chi connectivity index (χ1) is 11.0. The molecule has 0 fully saturated rings. The zero-order valence-corrected chi connectivity index (χ0v) is 15.0. The minimum atomic E-state index is 0.486. The van der Waals surface area contributed by atoms with Crippen LogP contribution in [0.25, 0.3) is 0 Å². The van der Waals surface area contributed by atoms with Gasteiger partial charge in [-0.2, -0.15) is 4.98 Å². The molecule has 124 valence electrons. The molecule has 1 unspecified atom stereocenters. The normalized spacial score (nSPS) is 12.3. The van der Waals surface area contributed by atoms with Crippen molar-refractivity contribution >= 4 is 40.7 Å². The number of nitrogens with zero attached hydrogens (tertiary/aromatic N) is 3. The van der Waals surface area contributed by atoms with E-state index in [0.29, 0.717) is 22.0 Å². The maximum atomic E-state index is 6.14. The van der Waals surface area contributed by atoms with Gasteiger partial charge in [-0.05, 0) is 51.7 Å². The fourth-order valence-corrected chi connectivity index (χ4v) is 2.35. The fourth-order valence-electron chi connectivity index (χ4n) is 1.90. The average Bonchev–Trinajstić information content (AvgIpc) is 2.50. The van der Waals surface area contributed by atoms with Crippen molar-refractivity contribution in [3.63, 3.8) is 0 Å². The molecule has 0 saturated carbocycles. The Balaban J connectivity index is 1.97. The summed E-state index contributed by atoms with van der Waals surface area (Å²) in [6, 6.07) is 7.59. The van der Waals surface area contributed by atoms with Crippen LogP contribution in [0.1, 0.15) is 13.3 Å². The van der Waals surface area contributed by atoms with Gasteiger partial charge < -0.3 is 15.5 Å². The maximum Gasteiger partial charge on any atom is 0.229 e. The van der Waals surface area contributed by atoms with Crippen LogP contribution in [0.15, 0.2) is 30.5 Å². The van der Waals surface area contributed by atoms with Gasteiger partial charge >= 0.3 is 0 Å². The summed E-state index contributed by atoms with van der Waals surface area (Å²) in [5.74, 6) is 1.26.